The van der Waals surface area contributed by atoms with Gasteiger partial charge in [0.2, 0.25) is 17.7 Å². The number of anilines is 2. The maximum Gasteiger partial charge on any atom is 0.329 e. The van der Waals surface area contributed by atoms with Crippen molar-refractivity contribution in [2.75, 3.05) is 97.1 Å². The summed E-state index contributed by atoms with van der Waals surface area (Å²) in [6, 6.07) is 58.2. The van der Waals surface area contributed by atoms with E-state index in [4.69, 9.17) is 55.9 Å². The number of H-pyrrole nitrogens is 3. The molecule has 5 aliphatic rings. The van der Waals surface area contributed by atoms with E-state index in [1.165, 1.54) is 49.1 Å². The first-order valence-electron chi connectivity index (χ1n) is 45.5. The molecule has 35 heteroatoms. The molecule has 0 aliphatic carbocycles. The minimum absolute atomic E-state index is 0.00238. The smallest absolute Gasteiger partial charge is 0.329 e. The monoisotopic (exact) mass is 1960 g/mol. The Balaban J connectivity index is 0.000000147. The number of piperidine rings is 2. The summed E-state index contributed by atoms with van der Waals surface area (Å²) in [6.07, 6.45) is 16.1. The summed E-state index contributed by atoms with van der Waals surface area (Å²) in [6.45, 7) is 14.8. The van der Waals surface area contributed by atoms with E-state index in [0.717, 1.165) is 103 Å². The molecule has 710 valence electrons. The summed E-state index contributed by atoms with van der Waals surface area (Å²) in [5.74, 6) is 4.08. The van der Waals surface area contributed by atoms with Gasteiger partial charge in [-0.2, -0.15) is 40.4 Å². The fourth-order valence-corrected chi connectivity index (χ4v) is 18.6. The minimum Gasteiger partial charge on any atom is -0.459 e. The number of ether oxygens (including phenoxy) is 2. The predicted molar refractivity (Wildman–Crippen MR) is 541 cm³/mol. The Labute approximate surface area is 816 Å². The number of nitrogens with one attached hydrogen (secondary N) is 6. The first-order valence-corrected chi connectivity index (χ1v) is 50.4. The van der Waals surface area contributed by atoms with Crippen molar-refractivity contribution in [1.29, 1.82) is 0 Å². The molecule has 4 aromatic heterocycles. The summed E-state index contributed by atoms with van der Waals surface area (Å²) in [7, 11) is 0. The van der Waals surface area contributed by atoms with Crippen LogP contribution in [0.1, 0.15) is 146 Å². The highest BCUT2D eigenvalue weighted by molar-refractivity contribution is 8.00. The van der Waals surface area contributed by atoms with Crippen molar-refractivity contribution < 1.29 is 43.0 Å². The first kappa shape index (κ1) is 102. The van der Waals surface area contributed by atoms with Gasteiger partial charge < -0.3 is 64.9 Å². The number of esters is 1. The SMILES string of the molecule is CCSCC(=O)NCc1c(Cl)cccc1N1CCCCC1.CCSCC(=O)NCc1c(Cl)cccc1Oc1ccccc1.CCSCC(=O)Nc1cc(Cl)cc(Cl)c1.O=C(OCc1ccccc1)C1CCCN1C(=O)c1nc2ccccc2[nH]c1=O.O=C(c1nc2ccccc2[nH]c1=O)N1CCCC1CN1CCCCC1.O=C(c1nc2ccccc2[nH]c1=O)N1CCCC1Cn1cccn1. The van der Waals surface area contributed by atoms with Crippen molar-refractivity contribution in [2.24, 2.45) is 0 Å². The maximum absolute atomic E-state index is 13.0. The summed E-state index contributed by atoms with van der Waals surface area (Å²) in [4.78, 5) is 154. The van der Waals surface area contributed by atoms with Crippen molar-refractivity contribution in [2.45, 2.75) is 142 Å². The lowest BCUT2D eigenvalue weighted by Crippen LogP contribution is -2.46. The molecule has 5 fully saturated rings. The fourth-order valence-electron chi connectivity index (χ4n) is 16.1. The number of nitrogens with zero attached hydrogens (tertiary/aromatic N) is 10. The molecule has 12 aromatic rings. The van der Waals surface area contributed by atoms with Crippen molar-refractivity contribution in [1.82, 2.24) is 69.9 Å². The molecule has 5 saturated heterocycles. The highest BCUT2D eigenvalue weighted by Gasteiger charge is 2.39. The zero-order valence-electron chi connectivity index (χ0n) is 75.7. The Kier molecular flexibility index (Phi) is 40.3. The zero-order valence-corrected chi connectivity index (χ0v) is 81.2. The molecule has 0 saturated carbocycles. The van der Waals surface area contributed by atoms with Crippen LogP contribution in [0.2, 0.25) is 20.1 Å². The van der Waals surface area contributed by atoms with Crippen LogP contribution in [0.25, 0.3) is 33.1 Å². The largest absolute Gasteiger partial charge is 0.459 e. The van der Waals surface area contributed by atoms with Crippen molar-refractivity contribution in [3.8, 4) is 11.5 Å². The normalized spacial score (nSPS) is 15.7. The molecule has 0 spiro atoms. The molecule has 135 heavy (non-hydrogen) atoms. The Morgan fingerprint density at radius 3 is 1.42 bits per heavy atom. The van der Waals surface area contributed by atoms with E-state index in [2.05, 4.69) is 73.7 Å². The molecule has 9 heterocycles. The number of thioether (sulfide) groups is 3. The number of hydrogen-bond acceptors (Lipinski definition) is 21. The molecule has 0 bridgehead atoms. The Morgan fingerprint density at radius 2 is 0.904 bits per heavy atom. The van der Waals surface area contributed by atoms with E-state index < -0.39 is 34.6 Å². The first-order chi connectivity index (χ1) is 65.6. The molecule has 3 unspecified atom stereocenters. The second-order valence-corrected chi connectivity index (χ2v) is 37.8. The van der Waals surface area contributed by atoms with E-state index in [1.807, 2.05) is 151 Å². The van der Waals surface area contributed by atoms with Gasteiger partial charge in [-0.3, -0.25) is 47.8 Å². The molecule has 8 aromatic carbocycles. The number of hydrogen-bond donors (Lipinski definition) is 6. The van der Waals surface area contributed by atoms with Crippen LogP contribution in [0.3, 0.4) is 0 Å². The van der Waals surface area contributed by atoms with E-state index in [9.17, 15) is 47.9 Å². The summed E-state index contributed by atoms with van der Waals surface area (Å²) in [5.41, 5.74) is 6.51. The van der Waals surface area contributed by atoms with E-state index in [1.54, 1.807) is 113 Å². The average Bonchev–Trinajstić information content (AvgIpc) is 1.79. The highest BCUT2D eigenvalue weighted by Crippen LogP contribution is 2.34. The van der Waals surface area contributed by atoms with Crippen LogP contribution >= 0.6 is 81.7 Å². The number of amides is 6. The van der Waals surface area contributed by atoms with Gasteiger partial charge in [-0.25, -0.2) is 19.7 Å². The molecule has 17 rings (SSSR count). The third kappa shape index (κ3) is 30.5. The van der Waals surface area contributed by atoms with Gasteiger partial charge in [0.15, 0.2) is 17.1 Å². The molecule has 5 aliphatic heterocycles. The van der Waals surface area contributed by atoms with Gasteiger partial charge >= 0.3 is 5.97 Å². The second-order valence-electron chi connectivity index (χ2n) is 32.3. The third-order valence-electron chi connectivity index (χ3n) is 22.8. The number of likely N-dealkylation sites (tertiary alicyclic amines) is 4. The van der Waals surface area contributed by atoms with Crippen molar-refractivity contribution in [3.63, 3.8) is 0 Å². The van der Waals surface area contributed by atoms with Crippen LogP contribution in [0, 0.1) is 0 Å². The van der Waals surface area contributed by atoms with Gasteiger partial charge in [0.25, 0.3) is 34.4 Å². The number of fused-ring (bicyclic) bond motifs is 3. The van der Waals surface area contributed by atoms with Crippen LogP contribution in [0.15, 0.2) is 221 Å². The van der Waals surface area contributed by atoms with Gasteiger partial charge in [-0.15, -0.1) is 0 Å². The van der Waals surface area contributed by atoms with E-state index >= 15 is 0 Å². The van der Waals surface area contributed by atoms with Crippen molar-refractivity contribution >= 4 is 168 Å². The van der Waals surface area contributed by atoms with Gasteiger partial charge in [0.05, 0.1) is 62.9 Å². The van der Waals surface area contributed by atoms with Crippen molar-refractivity contribution in [3.05, 3.63) is 291 Å². The third-order valence-corrected chi connectivity index (χ3v) is 26.6. The lowest BCUT2D eigenvalue weighted by molar-refractivity contribution is -0.149. The fraction of sp³-hybridized carbons (Fsp3) is 0.360. The van der Waals surface area contributed by atoms with E-state index in [0.29, 0.717) is 129 Å². The molecular formula is C100H112Cl4N16O12S3. The number of aromatic amines is 3. The second kappa shape index (κ2) is 53.1. The number of para-hydroxylation sites is 7. The number of benzene rings is 8. The molecule has 3 atom stereocenters. The summed E-state index contributed by atoms with van der Waals surface area (Å²) >= 11 is 29.0. The number of aromatic nitrogens is 8. The molecule has 6 amide bonds. The Hall–Kier alpha value is -11.6. The number of carbonyl (C=O) groups is 7. The van der Waals surface area contributed by atoms with Crippen LogP contribution in [-0.4, -0.2) is 206 Å². The lowest BCUT2D eigenvalue weighted by atomic mass is 10.1. The molecule has 28 nitrogen and oxygen atoms in total. The van der Waals surface area contributed by atoms with Crippen LogP contribution in [0.4, 0.5) is 11.4 Å². The highest BCUT2D eigenvalue weighted by atomic mass is 35.5. The maximum atomic E-state index is 13.0. The lowest BCUT2D eigenvalue weighted by Gasteiger charge is -2.32. The quantitative estimate of drug-likeness (QED) is 0.0260. The standard InChI is InChI=1S/C21H19N3O4.C19H24N4O2.C17H18ClNO2S.C17H17N5O2.C16H23ClN2OS.C10H11Cl2NOS/c25-19-18(22-15-9-4-5-10-16(15)23-19)20(26)24-12-6-11-17(24)21(27)28-13-14-7-2-1-3-8-14;24-18-17(20-15-8-2-3-9-16(15)21-18)19(25)23-12-6-7-14(23)13-22-10-4-1-5-11-22;1-2-22-12-17(20)19-11-14-15(18)9-6-10-16(14)21-13-7-4-3-5-8-13;23-16-15(19-13-6-1-2-7-14(13)20-16)17(24)22-10-3-5-12(22)11-21-9-4-8-18-21;1-2-21-12-16(20)18-11-13-14(17)7-6-8-15(13)19-9-4-3-5-10-19;1-2-15-6-10(14)13-9-4-7(11)3-8(12)5-9/h1-5,7-10,17H,6,11-13H2,(H,23,25);2-3,8-9,14H,1,4-7,10-13H2,(H,21,24);3-10H,2,11-12H2,1H3,(H,19,20);1-2,4,6-9,12H,3,5,10-11H2,(H,20,23);6-8H,2-5,9-12H2,1H3,(H,18,20);3-5H,2,6H2,1H3,(H,13,14). The topological polar surface area (TPSA) is 345 Å². The van der Waals surface area contributed by atoms with Crippen LogP contribution in [0.5, 0.6) is 11.5 Å². The predicted octanol–water partition coefficient (Wildman–Crippen LogP) is 17.6. The van der Waals surface area contributed by atoms with E-state index in [-0.39, 0.29) is 65.3 Å². The van der Waals surface area contributed by atoms with Crippen LogP contribution < -0.4 is 42.3 Å². The van der Waals surface area contributed by atoms with Gasteiger partial charge in [0.1, 0.15) is 24.1 Å². The van der Waals surface area contributed by atoms with Gasteiger partial charge in [0, 0.05) is 113 Å². The Bertz CT molecular complexity index is 6140. The molecule has 0 radical (unpaired) electrons. The number of carbonyl (C=O) groups excluding carboxylic acids is 7. The summed E-state index contributed by atoms with van der Waals surface area (Å²) < 4.78 is 13.1. The van der Waals surface area contributed by atoms with Gasteiger partial charge in [-0.05, 0) is 204 Å². The minimum atomic E-state index is -0.705. The molecule has 6 N–H and O–H groups in total. The number of rotatable bonds is 27. The van der Waals surface area contributed by atoms with Gasteiger partial charge in [-0.1, -0.05) is 171 Å². The molecular weight excluding hydrogens is 1860 g/mol. The number of halogens is 4. The van der Waals surface area contributed by atoms with Crippen LogP contribution in [-0.2, 0) is 50.2 Å². The average molecular weight is 1970 g/mol. The Morgan fingerprint density at radius 1 is 0.452 bits per heavy atom. The zero-order chi connectivity index (χ0) is 95.4. The summed E-state index contributed by atoms with van der Waals surface area (Å²) in [5, 5.41) is 15.1.